The molecule has 3 aliphatic rings. The third-order valence-electron chi connectivity index (χ3n) is 10.8. The van der Waals surface area contributed by atoms with Crippen LogP contribution in [0.15, 0.2) is 73.1 Å². The summed E-state index contributed by atoms with van der Waals surface area (Å²) >= 11 is 6.32. The zero-order chi connectivity index (χ0) is 39.1. The molecule has 2 saturated heterocycles. The van der Waals surface area contributed by atoms with Crippen molar-refractivity contribution < 1.29 is 34.2 Å². The minimum atomic E-state index is -1.13. The number of aromatic carboxylic acids is 1. The van der Waals surface area contributed by atoms with Gasteiger partial charge in [-0.1, -0.05) is 23.7 Å². The number of nitrogens with zero attached hydrogens (tertiary/aromatic N) is 8. The fraction of sp³-hybridized carbons (Fsp3) is 0.316. The molecule has 18 heteroatoms. The lowest BCUT2D eigenvalue weighted by Gasteiger charge is -2.45. The number of amides is 4. The van der Waals surface area contributed by atoms with Gasteiger partial charge < -0.3 is 35.2 Å². The summed E-state index contributed by atoms with van der Waals surface area (Å²) in [5.74, 6) is -3.17. The third-order valence-corrected chi connectivity index (χ3v) is 11.0. The number of benzene rings is 3. The summed E-state index contributed by atoms with van der Waals surface area (Å²) < 4.78 is 1.35. The number of piperazine rings is 2. The fourth-order valence-electron chi connectivity index (χ4n) is 7.71. The summed E-state index contributed by atoms with van der Waals surface area (Å²) in [6.45, 7) is 1.75. The number of aromatic amines is 1. The number of aliphatic hydroxyl groups is 1. The van der Waals surface area contributed by atoms with Crippen molar-refractivity contribution in [1.82, 2.24) is 35.0 Å². The van der Waals surface area contributed by atoms with Gasteiger partial charge in [0.1, 0.15) is 18.1 Å². The summed E-state index contributed by atoms with van der Waals surface area (Å²) in [6, 6.07) is 17.5. The van der Waals surface area contributed by atoms with Crippen molar-refractivity contribution in [2.24, 2.45) is 5.92 Å². The number of hydrogen-bond acceptors (Lipinski definition) is 10. The van der Waals surface area contributed by atoms with E-state index in [2.05, 4.69) is 30.7 Å². The summed E-state index contributed by atoms with van der Waals surface area (Å²) in [5.41, 5.74) is 3.07. The van der Waals surface area contributed by atoms with Crippen LogP contribution in [0.5, 0.6) is 0 Å². The first-order chi connectivity index (χ1) is 27.1. The Morgan fingerprint density at radius 1 is 0.911 bits per heavy atom. The number of halogens is 1. The number of rotatable bonds is 11. The average molecular weight is 781 g/mol. The van der Waals surface area contributed by atoms with Crippen LogP contribution in [0.1, 0.15) is 28.9 Å². The van der Waals surface area contributed by atoms with E-state index in [1.54, 1.807) is 53.4 Å². The molecule has 2 aliphatic heterocycles. The molecule has 0 spiro atoms. The predicted octanol–water partition coefficient (Wildman–Crippen LogP) is 2.34. The smallest absolute Gasteiger partial charge is 0.352 e. The highest BCUT2D eigenvalue weighted by atomic mass is 35.5. The quantitative estimate of drug-likeness (QED) is 0.143. The number of H-pyrrole nitrogens is 1. The first-order valence-corrected chi connectivity index (χ1v) is 18.5. The van der Waals surface area contributed by atoms with E-state index in [-0.39, 0.29) is 37.7 Å². The van der Waals surface area contributed by atoms with Gasteiger partial charge in [-0.05, 0) is 89.3 Å². The molecule has 1 atom stereocenters. The van der Waals surface area contributed by atoms with Crippen molar-refractivity contribution in [2.45, 2.75) is 31.3 Å². The van der Waals surface area contributed by atoms with Crippen LogP contribution in [0, 0.1) is 5.92 Å². The SMILES string of the molecule is O=C(O)c1cc2cc(NC(=O)C(Cc3ccc(N4CCN(C5CC(CO)C5)CC4=O)cc3)N3CCN(c4cc(Cl)ccc4-n4cnnn4)C(=O)C3=O)ccc2[nH]1. The van der Waals surface area contributed by atoms with E-state index in [4.69, 9.17) is 11.6 Å². The number of anilines is 3. The number of nitrogens with one attached hydrogen (secondary N) is 2. The maximum absolute atomic E-state index is 14.2. The second-order valence-corrected chi connectivity index (χ2v) is 14.6. The van der Waals surface area contributed by atoms with Crippen LogP contribution < -0.4 is 15.1 Å². The van der Waals surface area contributed by atoms with Crippen LogP contribution in [0.3, 0.4) is 0 Å². The number of aromatic nitrogens is 5. The van der Waals surface area contributed by atoms with Gasteiger partial charge in [0.15, 0.2) is 0 Å². The molecule has 288 valence electrons. The Bertz CT molecular complexity index is 2330. The Balaban J connectivity index is 1.03. The number of carboxylic acids is 1. The first-order valence-electron chi connectivity index (χ1n) is 18.1. The Morgan fingerprint density at radius 2 is 1.70 bits per heavy atom. The standard InChI is InChI=1S/C38H37ClN10O7/c39-25-3-8-31(49-21-40-43-44-49)32(18-25)47-11-12-48(37(54)36(47)53)33(35(52)41-26-4-7-29-24(16-26)17-30(42-29)38(55)56)15-22-1-5-27(6-2-22)46-10-9-45(19-34(46)51)28-13-23(14-28)20-50/h1-8,16-18,21,23,28,33,42,50H,9-15,19-20H2,(H,41,52)(H,55,56). The highest BCUT2D eigenvalue weighted by molar-refractivity contribution is 6.41. The number of carbonyl (C=O) groups is 5. The van der Waals surface area contributed by atoms with Crippen LogP contribution in [0.25, 0.3) is 16.6 Å². The summed E-state index contributed by atoms with van der Waals surface area (Å²) in [5, 5.41) is 33.8. The van der Waals surface area contributed by atoms with E-state index in [1.165, 1.54) is 26.9 Å². The number of fused-ring (bicyclic) bond motifs is 1. The summed E-state index contributed by atoms with van der Waals surface area (Å²) in [6.07, 6.45) is 3.19. The Hall–Kier alpha value is -6.17. The normalized spacial score (nSPS) is 19.7. The van der Waals surface area contributed by atoms with Gasteiger partial charge in [-0.2, -0.15) is 4.68 Å². The van der Waals surface area contributed by atoms with Crippen LogP contribution in [0.4, 0.5) is 17.1 Å². The largest absolute Gasteiger partial charge is 0.477 e. The second kappa shape index (κ2) is 15.2. The van der Waals surface area contributed by atoms with Crippen molar-refractivity contribution in [3.8, 4) is 5.69 Å². The van der Waals surface area contributed by atoms with Crippen LogP contribution >= 0.6 is 11.6 Å². The van der Waals surface area contributed by atoms with Crippen molar-refractivity contribution in [1.29, 1.82) is 0 Å². The lowest BCUT2D eigenvalue weighted by molar-refractivity contribution is -0.149. The number of hydrogen-bond donors (Lipinski definition) is 4. The number of carboxylic acid groups (broad SMARTS) is 1. The second-order valence-electron chi connectivity index (χ2n) is 14.2. The topological polar surface area (TPSA) is 210 Å². The minimum absolute atomic E-state index is 0.0000535. The molecule has 1 aliphatic carbocycles. The fourth-order valence-corrected chi connectivity index (χ4v) is 7.88. The van der Waals surface area contributed by atoms with Crippen LogP contribution in [-0.4, -0.2) is 126 Å². The molecular weight excluding hydrogens is 744 g/mol. The molecule has 4 heterocycles. The van der Waals surface area contributed by atoms with Crippen LogP contribution in [0.2, 0.25) is 5.02 Å². The van der Waals surface area contributed by atoms with Crippen molar-refractivity contribution >= 4 is 69.2 Å². The number of carbonyl (C=O) groups excluding carboxylic acids is 4. The first kappa shape index (κ1) is 36.8. The maximum atomic E-state index is 14.2. The van der Waals surface area contributed by atoms with E-state index >= 15 is 0 Å². The molecule has 1 saturated carbocycles. The predicted molar refractivity (Wildman–Crippen MR) is 204 cm³/mol. The molecule has 0 radical (unpaired) electrons. The molecule has 3 aromatic carbocycles. The van der Waals surface area contributed by atoms with E-state index in [0.717, 1.165) is 19.4 Å². The Labute approximate surface area is 324 Å². The Kier molecular flexibility index (Phi) is 9.96. The van der Waals surface area contributed by atoms with Gasteiger partial charge >= 0.3 is 17.8 Å². The lowest BCUT2D eigenvalue weighted by Crippen LogP contribution is -2.60. The Morgan fingerprint density at radius 3 is 2.41 bits per heavy atom. The van der Waals surface area contributed by atoms with E-state index in [1.807, 2.05) is 12.1 Å². The molecule has 1 unspecified atom stereocenters. The van der Waals surface area contributed by atoms with E-state index in [0.29, 0.717) is 69.3 Å². The monoisotopic (exact) mass is 780 g/mol. The van der Waals surface area contributed by atoms with E-state index < -0.39 is 29.7 Å². The van der Waals surface area contributed by atoms with Crippen molar-refractivity contribution in [2.75, 3.05) is 54.4 Å². The molecule has 5 aromatic rings. The molecule has 4 N–H and O–H groups in total. The molecule has 4 amide bonds. The highest BCUT2D eigenvalue weighted by Gasteiger charge is 2.41. The highest BCUT2D eigenvalue weighted by Crippen LogP contribution is 2.33. The number of tetrazole rings is 1. The lowest BCUT2D eigenvalue weighted by atomic mass is 9.79. The molecule has 3 fully saturated rings. The van der Waals surface area contributed by atoms with Gasteiger partial charge in [-0.25, -0.2) is 4.79 Å². The number of aliphatic hydroxyl groups excluding tert-OH is 1. The van der Waals surface area contributed by atoms with Gasteiger partial charge in [0, 0.05) is 72.5 Å². The molecule has 8 rings (SSSR count). The molecule has 17 nitrogen and oxygen atoms in total. The van der Waals surface area contributed by atoms with Crippen molar-refractivity contribution in [3.05, 3.63) is 89.3 Å². The van der Waals surface area contributed by atoms with Crippen LogP contribution in [-0.2, 0) is 25.6 Å². The van der Waals surface area contributed by atoms with Gasteiger partial charge in [0.2, 0.25) is 11.8 Å². The van der Waals surface area contributed by atoms with Gasteiger partial charge in [0.25, 0.3) is 0 Å². The third kappa shape index (κ3) is 7.18. The van der Waals surface area contributed by atoms with Crippen molar-refractivity contribution in [3.63, 3.8) is 0 Å². The molecule has 56 heavy (non-hydrogen) atoms. The molecular formula is C38H37ClN10O7. The summed E-state index contributed by atoms with van der Waals surface area (Å²) in [7, 11) is 0. The minimum Gasteiger partial charge on any atom is -0.477 e. The van der Waals surface area contributed by atoms with E-state index in [9.17, 15) is 34.2 Å². The molecule has 2 aromatic heterocycles. The maximum Gasteiger partial charge on any atom is 0.352 e. The van der Waals surface area contributed by atoms with Gasteiger partial charge in [0.05, 0.1) is 17.9 Å². The summed E-state index contributed by atoms with van der Waals surface area (Å²) in [4.78, 5) is 76.1. The van der Waals surface area contributed by atoms with Gasteiger partial charge in [-0.3, -0.25) is 24.1 Å². The molecule has 0 bridgehead atoms. The van der Waals surface area contributed by atoms with Gasteiger partial charge in [-0.15, -0.1) is 5.10 Å². The zero-order valence-corrected chi connectivity index (χ0v) is 30.7. The average Bonchev–Trinajstić information content (AvgIpc) is 3.86. The zero-order valence-electron chi connectivity index (χ0n) is 29.9.